The fraction of sp³-hybridized carbons (Fsp3) is 0.786. The molecule has 0 saturated heterocycles. The molecule has 0 amide bonds. The molecule has 3 N–H and O–H groups in total. The van der Waals surface area contributed by atoms with Crippen molar-refractivity contribution in [3.8, 4) is 0 Å². The summed E-state index contributed by atoms with van der Waals surface area (Å²) in [6.07, 6.45) is -0.675. The zero-order valence-corrected chi connectivity index (χ0v) is 14.2. The molecule has 0 aliphatic carbocycles. The van der Waals surface area contributed by atoms with Gasteiger partial charge in [0.1, 0.15) is 0 Å². The molecule has 0 aliphatic rings. The van der Waals surface area contributed by atoms with E-state index in [4.69, 9.17) is 35.1 Å². The van der Waals surface area contributed by atoms with Crippen molar-refractivity contribution in [2.75, 3.05) is 46.2 Å². The summed E-state index contributed by atoms with van der Waals surface area (Å²) >= 11 is 0. The van der Waals surface area contributed by atoms with Crippen LogP contribution >= 0.6 is 0 Å². The van der Waals surface area contributed by atoms with Crippen molar-refractivity contribution >= 4 is 17.9 Å². The molecule has 26 heavy (non-hydrogen) atoms. The lowest BCUT2D eigenvalue weighted by molar-refractivity contribution is -0.139. The number of ether oxygens (including phenoxy) is 3. The molecule has 0 radical (unpaired) electrons. The van der Waals surface area contributed by atoms with Gasteiger partial charge in [0.2, 0.25) is 0 Å². The Morgan fingerprint density at radius 2 is 1.15 bits per heavy atom. The van der Waals surface area contributed by atoms with E-state index in [-0.39, 0.29) is 65.4 Å². The molecule has 0 fully saturated rings. The third kappa shape index (κ3) is 13.0. The second-order valence-corrected chi connectivity index (χ2v) is 5.48. The van der Waals surface area contributed by atoms with Crippen molar-refractivity contribution in [2.45, 2.75) is 19.3 Å². The van der Waals surface area contributed by atoms with E-state index in [1.807, 2.05) is 0 Å². The van der Waals surface area contributed by atoms with Crippen LogP contribution in [0.2, 0.25) is 0 Å². The molecule has 0 aromatic heterocycles. The summed E-state index contributed by atoms with van der Waals surface area (Å²) in [5, 5.41) is 29.4. The minimum Gasteiger partial charge on any atom is -0.481 e. The van der Waals surface area contributed by atoms with Crippen LogP contribution in [0, 0.1) is 5.41 Å². The molecule has 0 saturated carbocycles. The first-order valence-electron chi connectivity index (χ1n) is 7.71. The molecule has 0 unspecified atom stereocenters. The smallest absolute Gasteiger partial charge is 0.305 e. The molecule has 0 spiro atoms. The maximum atomic E-state index is 10.5. The van der Waals surface area contributed by atoms with Gasteiger partial charge in [-0.05, 0) is 5.53 Å². The highest BCUT2D eigenvalue weighted by atomic mass is 16.5. The van der Waals surface area contributed by atoms with Crippen LogP contribution in [0.3, 0.4) is 0 Å². The van der Waals surface area contributed by atoms with Crippen LogP contribution in [0.15, 0.2) is 5.11 Å². The molecule has 148 valence electrons. The van der Waals surface area contributed by atoms with Crippen LogP contribution in [-0.2, 0) is 28.6 Å². The third-order valence-electron chi connectivity index (χ3n) is 3.07. The van der Waals surface area contributed by atoms with Crippen LogP contribution in [-0.4, -0.2) is 79.4 Å². The molecule has 0 aromatic rings. The largest absolute Gasteiger partial charge is 0.481 e. The lowest BCUT2D eigenvalue weighted by Crippen LogP contribution is -2.40. The number of carboxylic acid groups (broad SMARTS) is 3. The lowest BCUT2D eigenvalue weighted by atomic mass is 9.91. The number of rotatable bonds is 17. The Morgan fingerprint density at radius 3 is 1.42 bits per heavy atom. The van der Waals surface area contributed by atoms with Crippen LogP contribution < -0.4 is 0 Å². The monoisotopic (exact) mass is 377 g/mol. The minimum absolute atomic E-state index is 0.0700. The average Bonchev–Trinajstić information content (AvgIpc) is 2.57. The van der Waals surface area contributed by atoms with Gasteiger partial charge in [-0.3, -0.25) is 14.4 Å². The Bertz CT molecular complexity index is 451. The van der Waals surface area contributed by atoms with Crippen LogP contribution in [0.5, 0.6) is 0 Å². The predicted molar refractivity (Wildman–Crippen MR) is 85.7 cm³/mol. The Hall–Kier alpha value is -2.40. The maximum Gasteiger partial charge on any atom is 0.305 e. The van der Waals surface area contributed by atoms with Gasteiger partial charge in [-0.1, -0.05) is 5.11 Å². The summed E-state index contributed by atoms with van der Waals surface area (Å²) in [6, 6.07) is 0. The van der Waals surface area contributed by atoms with Crippen molar-refractivity contribution < 1.29 is 43.9 Å². The molecule has 0 aromatic carbocycles. The van der Waals surface area contributed by atoms with Gasteiger partial charge in [-0.15, -0.1) is 0 Å². The second-order valence-electron chi connectivity index (χ2n) is 5.48. The minimum atomic E-state index is -1.04. The van der Waals surface area contributed by atoms with E-state index < -0.39 is 23.3 Å². The Balaban J connectivity index is 4.82. The predicted octanol–water partition coefficient (Wildman–Crippen LogP) is 0.757. The van der Waals surface area contributed by atoms with E-state index in [2.05, 4.69) is 10.0 Å². The van der Waals surface area contributed by atoms with Gasteiger partial charge < -0.3 is 29.5 Å². The van der Waals surface area contributed by atoms with E-state index in [9.17, 15) is 14.4 Å². The van der Waals surface area contributed by atoms with E-state index in [1.165, 1.54) is 0 Å². The number of nitrogens with zero attached hydrogens (tertiary/aromatic N) is 3. The number of carbonyl (C=O) groups is 3. The Morgan fingerprint density at radius 1 is 0.808 bits per heavy atom. The topological polar surface area (TPSA) is 188 Å². The lowest BCUT2D eigenvalue weighted by Gasteiger charge is -2.31. The molecule has 0 bridgehead atoms. The van der Waals surface area contributed by atoms with Crippen LogP contribution in [0.1, 0.15) is 19.3 Å². The molecular formula is C14H23N3O9. The van der Waals surface area contributed by atoms with Gasteiger partial charge in [-0.25, -0.2) is 0 Å². The van der Waals surface area contributed by atoms with Gasteiger partial charge >= 0.3 is 17.9 Å². The average molecular weight is 377 g/mol. The summed E-state index contributed by atoms with van der Waals surface area (Å²) < 4.78 is 15.9. The second kappa shape index (κ2) is 13.8. The summed E-state index contributed by atoms with van der Waals surface area (Å²) in [4.78, 5) is 34.3. The highest BCUT2D eigenvalue weighted by molar-refractivity contribution is 5.67. The Kier molecular flexibility index (Phi) is 12.6. The number of carboxylic acids is 3. The third-order valence-corrected chi connectivity index (χ3v) is 3.07. The summed E-state index contributed by atoms with van der Waals surface area (Å²) in [7, 11) is 0. The SMILES string of the molecule is [N-]=[N+]=NCC(COCCC(=O)O)(COCCC(=O)O)COCCC(=O)O. The van der Waals surface area contributed by atoms with Gasteiger partial charge in [0.05, 0.1) is 58.9 Å². The first-order valence-corrected chi connectivity index (χ1v) is 7.71. The Labute approximate surface area is 149 Å². The molecule has 0 aliphatic heterocycles. The van der Waals surface area contributed by atoms with E-state index in [0.29, 0.717) is 0 Å². The van der Waals surface area contributed by atoms with E-state index >= 15 is 0 Å². The van der Waals surface area contributed by atoms with Crippen LogP contribution in [0.4, 0.5) is 0 Å². The fourth-order valence-corrected chi connectivity index (χ4v) is 1.79. The van der Waals surface area contributed by atoms with Crippen molar-refractivity contribution in [2.24, 2.45) is 10.5 Å². The highest BCUT2D eigenvalue weighted by Gasteiger charge is 2.31. The first kappa shape index (κ1) is 23.6. The molecule has 0 atom stereocenters. The first-order chi connectivity index (χ1) is 12.3. The number of azide groups is 1. The van der Waals surface area contributed by atoms with E-state index in [0.717, 1.165) is 0 Å². The zero-order chi connectivity index (χ0) is 19.8. The molecule has 12 nitrogen and oxygen atoms in total. The summed E-state index contributed by atoms with van der Waals surface area (Å²) in [5.41, 5.74) is 7.57. The fourth-order valence-electron chi connectivity index (χ4n) is 1.79. The maximum absolute atomic E-state index is 10.5. The normalized spacial score (nSPS) is 10.9. The molecule has 0 heterocycles. The zero-order valence-electron chi connectivity index (χ0n) is 14.2. The van der Waals surface area contributed by atoms with Crippen molar-refractivity contribution in [3.63, 3.8) is 0 Å². The van der Waals surface area contributed by atoms with Crippen molar-refractivity contribution in [3.05, 3.63) is 10.4 Å². The quantitative estimate of drug-likeness (QED) is 0.142. The van der Waals surface area contributed by atoms with Crippen molar-refractivity contribution in [1.29, 1.82) is 0 Å². The standard InChI is InChI=1S/C14H23N3O9/c15-17-16-7-14(8-24-4-1-11(18)19,9-25-5-2-12(20)21)10-26-6-3-13(22)23/h1-10H2,(H,18,19)(H,20,21)(H,22,23). The highest BCUT2D eigenvalue weighted by Crippen LogP contribution is 2.21. The number of aliphatic carboxylic acids is 3. The van der Waals surface area contributed by atoms with Crippen molar-refractivity contribution in [1.82, 2.24) is 0 Å². The van der Waals surface area contributed by atoms with Gasteiger partial charge in [0.15, 0.2) is 0 Å². The van der Waals surface area contributed by atoms with Crippen LogP contribution in [0.25, 0.3) is 10.4 Å². The van der Waals surface area contributed by atoms with Gasteiger partial charge in [0, 0.05) is 16.9 Å². The molecular weight excluding hydrogens is 354 g/mol. The number of hydrogen-bond acceptors (Lipinski definition) is 7. The van der Waals surface area contributed by atoms with Gasteiger partial charge in [0.25, 0.3) is 0 Å². The van der Waals surface area contributed by atoms with E-state index in [1.54, 1.807) is 0 Å². The summed E-state index contributed by atoms with van der Waals surface area (Å²) in [5.74, 6) is -3.12. The number of hydrogen-bond donors (Lipinski definition) is 3. The molecule has 12 heteroatoms. The van der Waals surface area contributed by atoms with Gasteiger partial charge in [-0.2, -0.15) is 0 Å². The summed E-state index contributed by atoms with van der Waals surface area (Å²) in [6.45, 7) is -0.581. The molecule has 0 rings (SSSR count).